The standard InChI is InChI=1S/C11H12NO4P/c1-7(13)12-10-4-3-8(11(14)16-2)5-9(10)6-17-15/h3-5H,6H2,1-2H3,(H,12,13). The quantitative estimate of drug-likeness (QED) is 0.659. The zero-order chi connectivity index (χ0) is 12.8. The van der Waals surface area contributed by atoms with E-state index < -0.39 is 5.97 Å². The predicted molar refractivity (Wildman–Crippen MR) is 63.4 cm³/mol. The van der Waals surface area contributed by atoms with E-state index >= 15 is 0 Å². The highest BCUT2D eigenvalue weighted by atomic mass is 31.1. The maximum atomic E-state index is 11.3. The predicted octanol–water partition coefficient (Wildman–Crippen LogP) is 2.22. The lowest BCUT2D eigenvalue weighted by Gasteiger charge is -2.09. The van der Waals surface area contributed by atoms with Crippen LogP contribution >= 0.6 is 8.46 Å². The zero-order valence-corrected chi connectivity index (χ0v) is 10.4. The van der Waals surface area contributed by atoms with E-state index in [0.717, 1.165) is 0 Å². The van der Waals surface area contributed by atoms with Crippen molar-refractivity contribution in [2.45, 2.75) is 13.1 Å². The first-order valence-electron chi connectivity index (χ1n) is 4.86. The Hall–Kier alpha value is -1.74. The van der Waals surface area contributed by atoms with Gasteiger partial charge < -0.3 is 10.1 Å². The molecule has 0 aromatic heterocycles. The minimum atomic E-state index is -0.469. The highest BCUT2D eigenvalue weighted by Crippen LogP contribution is 2.22. The van der Waals surface area contributed by atoms with Crippen molar-refractivity contribution in [2.75, 3.05) is 12.4 Å². The molecule has 0 aliphatic rings. The molecule has 6 heteroatoms. The van der Waals surface area contributed by atoms with Crippen molar-refractivity contribution >= 4 is 26.0 Å². The lowest BCUT2D eigenvalue weighted by atomic mass is 10.1. The van der Waals surface area contributed by atoms with Crippen LogP contribution in [-0.4, -0.2) is 19.0 Å². The molecule has 1 rings (SSSR count). The second-order valence-corrected chi connectivity index (χ2v) is 3.91. The Morgan fingerprint density at radius 2 is 2.12 bits per heavy atom. The Kier molecular flexibility index (Phi) is 4.79. The molecule has 0 radical (unpaired) electrons. The molecule has 0 atom stereocenters. The zero-order valence-electron chi connectivity index (χ0n) is 9.52. The first kappa shape index (κ1) is 13.3. The number of carbonyl (C=O) groups is 2. The van der Waals surface area contributed by atoms with Crippen LogP contribution in [-0.2, 0) is 20.3 Å². The first-order chi connectivity index (χ1) is 8.08. The SMILES string of the molecule is COC(=O)c1ccc(NC(C)=O)c(CP=O)c1. The van der Waals surface area contributed by atoms with Crippen LogP contribution in [0.25, 0.3) is 0 Å². The number of anilines is 1. The van der Waals surface area contributed by atoms with Crippen molar-refractivity contribution in [1.82, 2.24) is 0 Å². The van der Waals surface area contributed by atoms with Crippen LogP contribution < -0.4 is 5.32 Å². The van der Waals surface area contributed by atoms with Crippen molar-refractivity contribution in [1.29, 1.82) is 0 Å². The maximum Gasteiger partial charge on any atom is 0.337 e. The highest BCUT2D eigenvalue weighted by molar-refractivity contribution is 7.22. The lowest BCUT2D eigenvalue weighted by Crippen LogP contribution is -2.09. The fourth-order valence-electron chi connectivity index (χ4n) is 1.35. The van der Waals surface area contributed by atoms with Gasteiger partial charge in [-0.1, -0.05) is 0 Å². The molecular weight excluding hydrogens is 241 g/mol. The minimum absolute atomic E-state index is 0.0820. The fraction of sp³-hybridized carbons (Fsp3) is 0.273. The van der Waals surface area contributed by atoms with E-state index in [-0.39, 0.29) is 20.5 Å². The average molecular weight is 253 g/mol. The smallest absolute Gasteiger partial charge is 0.337 e. The number of esters is 1. The van der Waals surface area contributed by atoms with Gasteiger partial charge in [-0.2, -0.15) is 0 Å². The third-order valence-corrected chi connectivity index (χ3v) is 2.54. The van der Waals surface area contributed by atoms with Crippen LogP contribution in [0.15, 0.2) is 18.2 Å². The Bertz CT molecular complexity index is 459. The van der Waals surface area contributed by atoms with Gasteiger partial charge >= 0.3 is 5.97 Å². The molecule has 0 unspecified atom stereocenters. The molecule has 0 saturated carbocycles. The molecule has 0 spiro atoms. The number of rotatable bonds is 4. The summed E-state index contributed by atoms with van der Waals surface area (Å²) in [7, 11) is 1.21. The van der Waals surface area contributed by atoms with Gasteiger partial charge in [0.05, 0.1) is 18.8 Å². The average Bonchev–Trinajstić information content (AvgIpc) is 2.30. The number of amides is 1. The van der Waals surface area contributed by atoms with E-state index in [4.69, 9.17) is 0 Å². The van der Waals surface area contributed by atoms with Crippen molar-refractivity contribution < 1.29 is 18.9 Å². The highest BCUT2D eigenvalue weighted by Gasteiger charge is 2.10. The summed E-state index contributed by atoms with van der Waals surface area (Å²) in [5.41, 5.74) is 1.54. The molecule has 17 heavy (non-hydrogen) atoms. The molecule has 0 fully saturated rings. The molecule has 0 aliphatic carbocycles. The summed E-state index contributed by atoms with van der Waals surface area (Å²) in [5.74, 6) is -0.692. The van der Waals surface area contributed by atoms with Crippen LogP contribution in [0, 0.1) is 0 Å². The van der Waals surface area contributed by atoms with Gasteiger partial charge in [-0.05, 0) is 23.8 Å². The van der Waals surface area contributed by atoms with E-state index in [1.54, 1.807) is 18.2 Å². The molecule has 0 aliphatic heterocycles. The number of methoxy groups -OCH3 is 1. The largest absolute Gasteiger partial charge is 0.465 e. The van der Waals surface area contributed by atoms with Gasteiger partial charge in [-0.3, -0.25) is 9.36 Å². The van der Waals surface area contributed by atoms with Crippen LogP contribution in [0.2, 0.25) is 0 Å². The second-order valence-electron chi connectivity index (χ2n) is 3.33. The number of ether oxygens (including phenoxy) is 1. The lowest BCUT2D eigenvalue weighted by molar-refractivity contribution is -0.114. The van der Waals surface area contributed by atoms with Gasteiger partial charge in [0.15, 0.2) is 8.46 Å². The van der Waals surface area contributed by atoms with Crippen LogP contribution in [0.5, 0.6) is 0 Å². The number of hydrogen-bond donors (Lipinski definition) is 1. The summed E-state index contributed by atoms with van der Waals surface area (Å²) in [6.45, 7) is 1.38. The van der Waals surface area contributed by atoms with E-state index in [1.165, 1.54) is 14.0 Å². The summed E-state index contributed by atoms with van der Waals surface area (Å²) in [6.07, 6.45) is 0.223. The summed E-state index contributed by atoms with van der Waals surface area (Å²) in [6, 6.07) is 4.69. The Morgan fingerprint density at radius 3 is 2.65 bits per heavy atom. The third-order valence-electron chi connectivity index (χ3n) is 2.07. The topological polar surface area (TPSA) is 72.5 Å². The van der Waals surface area contributed by atoms with Gasteiger partial charge in [-0.25, -0.2) is 4.79 Å². The summed E-state index contributed by atoms with van der Waals surface area (Å²) in [4.78, 5) is 22.3. The minimum Gasteiger partial charge on any atom is -0.465 e. The number of hydrogen-bond acceptors (Lipinski definition) is 4. The normalized spacial score (nSPS) is 10.0. The van der Waals surface area contributed by atoms with Crippen LogP contribution in [0.4, 0.5) is 5.69 Å². The Balaban J connectivity index is 3.11. The molecule has 1 N–H and O–H groups in total. The molecular formula is C11H12NO4P. The second kappa shape index (κ2) is 6.11. The van der Waals surface area contributed by atoms with Crippen LogP contribution in [0.3, 0.4) is 0 Å². The van der Waals surface area contributed by atoms with E-state index in [2.05, 4.69) is 10.1 Å². The molecule has 0 saturated heterocycles. The van der Waals surface area contributed by atoms with Crippen LogP contribution in [0.1, 0.15) is 22.8 Å². The van der Waals surface area contributed by atoms with Gasteiger partial charge in [-0.15, -0.1) is 0 Å². The molecule has 0 bridgehead atoms. The maximum absolute atomic E-state index is 11.3. The van der Waals surface area contributed by atoms with Crippen molar-refractivity contribution in [3.63, 3.8) is 0 Å². The van der Waals surface area contributed by atoms with E-state index in [1.807, 2.05) is 0 Å². The third kappa shape index (κ3) is 3.64. The Morgan fingerprint density at radius 1 is 1.41 bits per heavy atom. The number of nitrogens with one attached hydrogen (secondary N) is 1. The van der Waals surface area contributed by atoms with Gasteiger partial charge in [0.2, 0.25) is 5.91 Å². The molecule has 5 nitrogen and oxygen atoms in total. The summed E-state index contributed by atoms with van der Waals surface area (Å²) in [5, 5.41) is 2.61. The van der Waals surface area contributed by atoms with Gasteiger partial charge in [0, 0.05) is 12.6 Å². The fourth-order valence-corrected chi connectivity index (χ4v) is 1.75. The molecule has 0 heterocycles. The number of carbonyl (C=O) groups excluding carboxylic acids is 2. The van der Waals surface area contributed by atoms with E-state index in [0.29, 0.717) is 16.8 Å². The van der Waals surface area contributed by atoms with Gasteiger partial charge in [0.25, 0.3) is 0 Å². The summed E-state index contributed by atoms with van der Waals surface area (Å²) < 4.78 is 15.2. The molecule has 1 aromatic rings. The molecule has 1 aromatic carbocycles. The molecule has 1 amide bonds. The van der Waals surface area contributed by atoms with Crippen molar-refractivity contribution in [3.8, 4) is 0 Å². The monoisotopic (exact) mass is 253 g/mol. The molecule has 90 valence electrons. The van der Waals surface area contributed by atoms with Crippen molar-refractivity contribution in [2.24, 2.45) is 0 Å². The first-order valence-corrected chi connectivity index (χ1v) is 5.86. The van der Waals surface area contributed by atoms with Gasteiger partial charge in [0.1, 0.15) is 0 Å². The van der Waals surface area contributed by atoms with Crippen molar-refractivity contribution in [3.05, 3.63) is 29.3 Å². The van der Waals surface area contributed by atoms with E-state index in [9.17, 15) is 14.2 Å². The Labute approximate surface area is 100 Å². The summed E-state index contributed by atoms with van der Waals surface area (Å²) >= 11 is 0. The number of benzene rings is 1.